The standard InChI is InChI=1S/C14H20N4O2/c1-9(19)5-6-17(3)14(20)11-7-12-10(2)16-18(4)13(12)15-8-11/h7-9,19H,5-6H2,1-4H3. The minimum Gasteiger partial charge on any atom is -0.393 e. The molecule has 0 aliphatic heterocycles. The summed E-state index contributed by atoms with van der Waals surface area (Å²) in [7, 11) is 3.56. The fourth-order valence-corrected chi connectivity index (χ4v) is 2.13. The Morgan fingerprint density at radius 2 is 2.25 bits per heavy atom. The van der Waals surface area contributed by atoms with Gasteiger partial charge in [-0.15, -0.1) is 0 Å². The van der Waals surface area contributed by atoms with Gasteiger partial charge in [-0.3, -0.25) is 9.48 Å². The van der Waals surface area contributed by atoms with Crippen LogP contribution < -0.4 is 0 Å². The summed E-state index contributed by atoms with van der Waals surface area (Å²) in [6.07, 6.45) is 1.72. The van der Waals surface area contributed by atoms with E-state index < -0.39 is 6.10 Å². The number of carbonyl (C=O) groups excluding carboxylic acids is 1. The molecular weight excluding hydrogens is 256 g/mol. The van der Waals surface area contributed by atoms with Gasteiger partial charge in [-0.1, -0.05) is 0 Å². The molecule has 1 atom stereocenters. The zero-order chi connectivity index (χ0) is 14.9. The van der Waals surface area contributed by atoms with Gasteiger partial charge in [-0.05, 0) is 26.3 Å². The zero-order valence-corrected chi connectivity index (χ0v) is 12.3. The van der Waals surface area contributed by atoms with Crippen molar-refractivity contribution in [2.75, 3.05) is 13.6 Å². The van der Waals surface area contributed by atoms with Crippen LogP contribution in [0.15, 0.2) is 12.3 Å². The first-order valence-corrected chi connectivity index (χ1v) is 6.63. The Bertz CT molecular complexity index is 633. The van der Waals surface area contributed by atoms with E-state index in [0.717, 1.165) is 16.7 Å². The predicted molar refractivity (Wildman–Crippen MR) is 76.5 cm³/mol. The number of hydrogen-bond acceptors (Lipinski definition) is 4. The van der Waals surface area contributed by atoms with Crippen LogP contribution in [0, 0.1) is 6.92 Å². The molecule has 2 rings (SSSR count). The van der Waals surface area contributed by atoms with Gasteiger partial charge >= 0.3 is 0 Å². The number of hydrogen-bond donors (Lipinski definition) is 1. The number of fused-ring (bicyclic) bond motifs is 1. The van der Waals surface area contributed by atoms with Gasteiger partial charge in [-0.25, -0.2) is 4.98 Å². The highest BCUT2D eigenvalue weighted by atomic mass is 16.3. The third-order valence-electron chi connectivity index (χ3n) is 3.34. The molecule has 2 heterocycles. The molecule has 2 aromatic heterocycles. The Hall–Kier alpha value is -1.95. The molecule has 0 aromatic carbocycles. The summed E-state index contributed by atoms with van der Waals surface area (Å²) >= 11 is 0. The molecule has 2 aromatic rings. The first-order chi connectivity index (χ1) is 9.40. The van der Waals surface area contributed by atoms with Crippen molar-refractivity contribution in [3.05, 3.63) is 23.5 Å². The van der Waals surface area contributed by atoms with E-state index in [-0.39, 0.29) is 5.91 Å². The van der Waals surface area contributed by atoms with Crippen LogP contribution in [0.1, 0.15) is 29.4 Å². The van der Waals surface area contributed by atoms with Crippen molar-refractivity contribution in [2.24, 2.45) is 7.05 Å². The van der Waals surface area contributed by atoms with E-state index in [4.69, 9.17) is 0 Å². The summed E-state index contributed by atoms with van der Waals surface area (Å²) in [6, 6.07) is 1.83. The van der Waals surface area contributed by atoms with Crippen LogP contribution in [-0.4, -0.2) is 50.4 Å². The summed E-state index contributed by atoms with van der Waals surface area (Å²) < 4.78 is 1.70. The van der Waals surface area contributed by atoms with Crippen molar-refractivity contribution < 1.29 is 9.90 Å². The van der Waals surface area contributed by atoms with Crippen molar-refractivity contribution in [2.45, 2.75) is 26.4 Å². The number of aliphatic hydroxyl groups is 1. The second-order valence-electron chi connectivity index (χ2n) is 5.17. The summed E-state index contributed by atoms with van der Waals surface area (Å²) in [5.41, 5.74) is 2.17. The molecule has 6 heteroatoms. The van der Waals surface area contributed by atoms with Gasteiger partial charge in [0.15, 0.2) is 5.65 Å². The van der Waals surface area contributed by atoms with Crippen LogP contribution in [0.25, 0.3) is 11.0 Å². The lowest BCUT2D eigenvalue weighted by atomic mass is 10.2. The highest BCUT2D eigenvalue weighted by Crippen LogP contribution is 2.17. The maximum Gasteiger partial charge on any atom is 0.255 e. The van der Waals surface area contributed by atoms with Gasteiger partial charge in [0, 0.05) is 32.2 Å². The van der Waals surface area contributed by atoms with E-state index in [9.17, 15) is 9.90 Å². The van der Waals surface area contributed by atoms with Crippen molar-refractivity contribution in [1.29, 1.82) is 0 Å². The second kappa shape index (κ2) is 5.58. The average Bonchev–Trinajstić information content (AvgIpc) is 2.70. The lowest BCUT2D eigenvalue weighted by molar-refractivity contribution is 0.0768. The molecule has 0 saturated heterocycles. The number of rotatable bonds is 4. The normalized spacial score (nSPS) is 12.7. The van der Waals surface area contributed by atoms with E-state index in [1.165, 1.54) is 0 Å². The third kappa shape index (κ3) is 2.80. The monoisotopic (exact) mass is 276 g/mol. The van der Waals surface area contributed by atoms with Crippen molar-refractivity contribution in [3.8, 4) is 0 Å². The molecule has 1 unspecified atom stereocenters. The Morgan fingerprint density at radius 1 is 1.55 bits per heavy atom. The molecular formula is C14H20N4O2. The number of aryl methyl sites for hydroxylation is 2. The average molecular weight is 276 g/mol. The summed E-state index contributed by atoms with van der Waals surface area (Å²) in [6.45, 7) is 4.13. The second-order valence-corrected chi connectivity index (χ2v) is 5.17. The molecule has 0 saturated carbocycles. The Kier molecular flexibility index (Phi) is 4.04. The van der Waals surface area contributed by atoms with Gasteiger partial charge in [0.1, 0.15) is 0 Å². The first kappa shape index (κ1) is 14.5. The number of nitrogens with zero attached hydrogens (tertiary/aromatic N) is 4. The van der Waals surface area contributed by atoms with Gasteiger partial charge in [0.05, 0.1) is 17.4 Å². The maximum atomic E-state index is 12.3. The first-order valence-electron chi connectivity index (χ1n) is 6.63. The molecule has 0 aliphatic carbocycles. The van der Waals surface area contributed by atoms with E-state index >= 15 is 0 Å². The molecule has 0 radical (unpaired) electrons. The van der Waals surface area contributed by atoms with Gasteiger partial charge < -0.3 is 10.0 Å². The maximum absolute atomic E-state index is 12.3. The van der Waals surface area contributed by atoms with Gasteiger partial charge in [0.25, 0.3) is 5.91 Å². The van der Waals surface area contributed by atoms with Crippen LogP contribution in [-0.2, 0) is 7.05 Å². The van der Waals surface area contributed by atoms with E-state index in [1.54, 1.807) is 29.7 Å². The topological polar surface area (TPSA) is 71.2 Å². The summed E-state index contributed by atoms with van der Waals surface area (Å²) in [5.74, 6) is -0.0942. The van der Waals surface area contributed by atoms with Crippen LogP contribution in [0.4, 0.5) is 0 Å². The zero-order valence-electron chi connectivity index (χ0n) is 12.3. The van der Waals surface area contributed by atoms with Crippen molar-refractivity contribution in [1.82, 2.24) is 19.7 Å². The summed E-state index contributed by atoms with van der Waals surface area (Å²) in [5, 5.41) is 14.5. The van der Waals surface area contributed by atoms with E-state index in [0.29, 0.717) is 18.5 Å². The minimum atomic E-state index is -0.411. The fraction of sp³-hybridized carbons (Fsp3) is 0.500. The number of aliphatic hydroxyl groups excluding tert-OH is 1. The lowest BCUT2D eigenvalue weighted by Gasteiger charge is -2.17. The quantitative estimate of drug-likeness (QED) is 0.908. The highest BCUT2D eigenvalue weighted by Gasteiger charge is 2.15. The number of aromatic nitrogens is 3. The number of carbonyl (C=O) groups is 1. The van der Waals surface area contributed by atoms with Gasteiger partial charge in [-0.2, -0.15) is 5.10 Å². The molecule has 108 valence electrons. The van der Waals surface area contributed by atoms with Crippen LogP contribution >= 0.6 is 0 Å². The molecule has 1 N–H and O–H groups in total. The molecule has 6 nitrogen and oxygen atoms in total. The van der Waals surface area contributed by atoms with E-state index in [1.807, 2.05) is 20.0 Å². The third-order valence-corrected chi connectivity index (χ3v) is 3.34. The smallest absolute Gasteiger partial charge is 0.255 e. The Balaban J connectivity index is 2.24. The lowest BCUT2D eigenvalue weighted by Crippen LogP contribution is -2.29. The highest BCUT2D eigenvalue weighted by molar-refractivity contribution is 5.97. The SMILES string of the molecule is Cc1nn(C)c2ncc(C(=O)N(C)CCC(C)O)cc12. The molecule has 0 spiro atoms. The van der Waals surface area contributed by atoms with Crippen LogP contribution in [0.5, 0.6) is 0 Å². The van der Waals surface area contributed by atoms with E-state index in [2.05, 4.69) is 10.1 Å². The predicted octanol–water partition coefficient (Wildman–Crippen LogP) is 1.12. The van der Waals surface area contributed by atoms with Crippen molar-refractivity contribution in [3.63, 3.8) is 0 Å². The number of pyridine rings is 1. The Labute approximate surface area is 118 Å². The Morgan fingerprint density at radius 3 is 2.90 bits per heavy atom. The van der Waals surface area contributed by atoms with Crippen molar-refractivity contribution >= 4 is 16.9 Å². The van der Waals surface area contributed by atoms with Crippen LogP contribution in [0.2, 0.25) is 0 Å². The largest absolute Gasteiger partial charge is 0.393 e. The van der Waals surface area contributed by atoms with Gasteiger partial charge in [0.2, 0.25) is 0 Å². The summed E-state index contributed by atoms with van der Waals surface area (Å²) in [4.78, 5) is 18.2. The van der Waals surface area contributed by atoms with Crippen LogP contribution in [0.3, 0.4) is 0 Å². The minimum absolute atomic E-state index is 0.0942. The molecule has 20 heavy (non-hydrogen) atoms. The fourth-order valence-electron chi connectivity index (χ4n) is 2.13. The molecule has 0 aliphatic rings. The molecule has 0 fully saturated rings. The molecule has 0 bridgehead atoms. The number of amides is 1. The molecule has 1 amide bonds.